The Morgan fingerprint density at radius 2 is 1.55 bits per heavy atom. The second-order valence-electron chi connectivity index (χ2n) is 4.36. The maximum absolute atomic E-state index is 11.4. The summed E-state index contributed by atoms with van der Waals surface area (Å²) in [7, 11) is -1.57. The highest BCUT2D eigenvalue weighted by Gasteiger charge is 2.07. The molecule has 4 nitrogen and oxygen atoms in total. The van der Waals surface area contributed by atoms with Gasteiger partial charge < -0.3 is 9.47 Å². The zero-order chi connectivity index (χ0) is 14.6. The number of hydrogen-bond donors (Lipinski definition) is 0. The van der Waals surface area contributed by atoms with Crippen molar-refractivity contribution < 1.29 is 17.9 Å². The van der Waals surface area contributed by atoms with Crippen molar-refractivity contribution in [1.29, 1.82) is 0 Å². The summed E-state index contributed by atoms with van der Waals surface area (Å²) >= 11 is 0. The number of methoxy groups -OCH3 is 1. The van der Waals surface area contributed by atoms with Crippen LogP contribution in [0.5, 0.6) is 11.5 Å². The highest BCUT2D eigenvalue weighted by molar-refractivity contribution is 7.90. The number of sulfone groups is 1. The third-order valence-corrected chi connectivity index (χ3v) is 3.94. The van der Waals surface area contributed by atoms with E-state index >= 15 is 0 Å². The molecule has 0 spiro atoms. The Hall–Kier alpha value is -2.01. The molecule has 0 aliphatic heterocycles. The van der Waals surface area contributed by atoms with E-state index in [4.69, 9.17) is 9.47 Å². The van der Waals surface area contributed by atoms with Crippen LogP contribution in [0.1, 0.15) is 5.56 Å². The first-order chi connectivity index (χ1) is 9.50. The molecule has 0 amide bonds. The van der Waals surface area contributed by atoms with Crippen molar-refractivity contribution in [1.82, 2.24) is 0 Å². The molecule has 106 valence electrons. The van der Waals surface area contributed by atoms with Gasteiger partial charge in [-0.05, 0) is 29.8 Å². The SMILES string of the molecule is COc1ccccc1OCc1ccc(S(C)(=O)=O)cc1. The molecule has 0 unspecified atom stereocenters. The summed E-state index contributed by atoms with van der Waals surface area (Å²) in [6, 6.07) is 14.0. The average molecular weight is 292 g/mol. The molecule has 5 heteroatoms. The van der Waals surface area contributed by atoms with Crippen molar-refractivity contribution in [3.63, 3.8) is 0 Å². The molecule has 0 fully saturated rings. The number of rotatable bonds is 5. The van der Waals surface area contributed by atoms with Gasteiger partial charge in [0.15, 0.2) is 21.3 Å². The van der Waals surface area contributed by atoms with Crippen molar-refractivity contribution >= 4 is 9.84 Å². The van der Waals surface area contributed by atoms with Crippen LogP contribution >= 0.6 is 0 Å². The second kappa shape index (κ2) is 5.96. The smallest absolute Gasteiger partial charge is 0.175 e. The Labute approximate surface area is 118 Å². The van der Waals surface area contributed by atoms with E-state index in [1.807, 2.05) is 24.3 Å². The van der Waals surface area contributed by atoms with Crippen molar-refractivity contribution in [2.75, 3.05) is 13.4 Å². The Kier molecular flexibility index (Phi) is 4.29. The normalized spacial score (nSPS) is 11.1. The van der Waals surface area contributed by atoms with Crippen LogP contribution < -0.4 is 9.47 Å². The summed E-state index contributed by atoms with van der Waals surface area (Å²) in [6.07, 6.45) is 1.19. The zero-order valence-corrected chi connectivity index (χ0v) is 12.2. The molecule has 0 radical (unpaired) electrons. The lowest BCUT2D eigenvalue weighted by molar-refractivity contribution is 0.284. The fourth-order valence-corrected chi connectivity index (χ4v) is 2.36. The predicted molar refractivity (Wildman–Crippen MR) is 76.9 cm³/mol. The monoisotopic (exact) mass is 292 g/mol. The first kappa shape index (κ1) is 14.4. The molecular formula is C15H16O4S. The quantitative estimate of drug-likeness (QED) is 0.850. The molecule has 0 aromatic heterocycles. The van der Waals surface area contributed by atoms with Crippen molar-refractivity contribution in [3.05, 3.63) is 54.1 Å². The lowest BCUT2D eigenvalue weighted by Gasteiger charge is -2.10. The standard InChI is InChI=1S/C15H16O4S/c1-18-14-5-3-4-6-15(14)19-11-12-7-9-13(10-8-12)20(2,16)17/h3-10H,11H2,1-2H3. The zero-order valence-electron chi connectivity index (χ0n) is 11.4. The van der Waals surface area contributed by atoms with Crippen LogP contribution in [0.3, 0.4) is 0 Å². The maximum Gasteiger partial charge on any atom is 0.175 e. The molecule has 0 aliphatic carbocycles. The molecule has 2 aromatic rings. The molecule has 0 saturated heterocycles. The van der Waals surface area contributed by atoms with Gasteiger partial charge in [-0.3, -0.25) is 0 Å². The van der Waals surface area contributed by atoms with Crippen molar-refractivity contribution in [3.8, 4) is 11.5 Å². The number of benzene rings is 2. The Morgan fingerprint density at radius 1 is 0.950 bits per heavy atom. The first-order valence-corrected chi connectivity index (χ1v) is 7.94. The van der Waals surface area contributed by atoms with Gasteiger partial charge in [0, 0.05) is 6.26 Å². The molecule has 2 aromatic carbocycles. The van der Waals surface area contributed by atoms with E-state index in [0.29, 0.717) is 23.0 Å². The summed E-state index contributed by atoms with van der Waals surface area (Å²) in [6.45, 7) is 0.352. The highest BCUT2D eigenvalue weighted by atomic mass is 32.2. The number of ether oxygens (including phenoxy) is 2. The third-order valence-electron chi connectivity index (χ3n) is 2.81. The third kappa shape index (κ3) is 3.51. The Balaban J connectivity index is 2.08. The summed E-state index contributed by atoms with van der Waals surface area (Å²) in [5.74, 6) is 1.32. The largest absolute Gasteiger partial charge is 0.493 e. The maximum atomic E-state index is 11.4. The highest BCUT2D eigenvalue weighted by Crippen LogP contribution is 2.26. The fourth-order valence-electron chi connectivity index (χ4n) is 1.73. The number of para-hydroxylation sites is 2. The molecule has 0 bridgehead atoms. The fraction of sp³-hybridized carbons (Fsp3) is 0.200. The molecule has 0 atom stereocenters. The van der Waals surface area contributed by atoms with Gasteiger partial charge in [0.2, 0.25) is 0 Å². The molecule has 0 saturated carbocycles. The Bertz CT molecular complexity index is 675. The van der Waals surface area contributed by atoms with Gasteiger partial charge in [0.1, 0.15) is 6.61 Å². The summed E-state index contributed by atoms with van der Waals surface area (Å²) < 4.78 is 33.6. The van der Waals surface area contributed by atoms with Gasteiger partial charge in [0.05, 0.1) is 12.0 Å². The van der Waals surface area contributed by atoms with E-state index in [2.05, 4.69) is 0 Å². The molecule has 20 heavy (non-hydrogen) atoms. The molecule has 2 rings (SSSR count). The van der Waals surface area contributed by atoms with Crippen LogP contribution in [0.2, 0.25) is 0 Å². The van der Waals surface area contributed by atoms with E-state index in [0.717, 1.165) is 5.56 Å². The van der Waals surface area contributed by atoms with E-state index in [1.165, 1.54) is 6.26 Å². The topological polar surface area (TPSA) is 52.6 Å². The summed E-state index contributed by atoms with van der Waals surface area (Å²) in [5.41, 5.74) is 0.892. The van der Waals surface area contributed by atoms with Gasteiger partial charge >= 0.3 is 0 Å². The Morgan fingerprint density at radius 3 is 2.10 bits per heavy atom. The van der Waals surface area contributed by atoms with Crippen LogP contribution in [0.25, 0.3) is 0 Å². The first-order valence-electron chi connectivity index (χ1n) is 6.05. The van der Waals surface area contributed by atoms with Crippen LogP contribution in [-0.2, 0) is 16.4 Å². The minimum Gasteiger partial charge on any atom is -0.493 e. The van der Waals surface area contributed by atoms with Crippen LogP contribution in [0.4, 0.5) is 0 Å². The summed E-state index contributed by atoms with van der Waals surface area (Å²) in [5, 5.41) is 0. The van der Waals surface area contributed by atoms with E-state index in [1.54, 1.807) is 31.4 Å². The van der Waals surface area contributed by atoms with E-state index in [-0.39, 0.29) is 0 Å². The minimum atomic E-state index is -3.16. The second-order valence-corrected chi connectivity index (χ2v) is 6.37. The van der Waals surface area contributed by atoms with E-state index < -0.39 is 9.84 Å². The number of hydrogen-bond acceptors (Lipinski definition) is 4. The molecule has 0 N–H and O–H groups in total. The minimum absolute atomic E-state index is 0.304. The van der Waals surface area contributed by atoms with Crippen molar-refractivity contribution in [2.24, 2.45) is 0 Å². The van der Waals surface area contributed by atoms with Gasteiger partial charge in [-0.25, -0.2) is 8.42 Å². The van der Waals surface area contributed by atoms with Crippen LogP contribution in [-0.4, -0.2) is 21.8 Å². The van der Waals surface area contributed by atoms with Gasteiger partial charge in [-0.1, -0.05) is 24.3 Å². The molecule has 0 aliphatic rings. The van der Waals surface area contributed by atoms with Gasteiger partial charge in [-0.2, -0.15) is 0 Å². The summed E-state index contributed by atoms with van der Waals surface area (Å²) in [4.78, 5) is 0.304. The van der Waals surface area contributed by atoms with Crippen LogP contribution in [0.15, 0.2) is 53.4 Å². The van der Waals surface area contributed by atoms with Gasteiger partial charge in [-0.15, -0.1) is 0 Å². The predicted octanol–water partition coefficient (Wildman–Crippen LogP) is 2.68. The molecule has 0 heterocycles. The van der Waals surface area contributed by atoms with Crippen LogP contribution in [0, 0.1) is 0 Å². The molecular weight excluding hydrogens is 276 g/mol. The average Bonchev–Trinajstić information content (AvgIpc) is 2.45. The lowest BCUT2D eigenvalue weighted by atomic mass is 10.2. The lowest BCUT2D eigenvalue weighted by Crippen LogP contribution is -2.00. The van der Waals surface area contributed by atoms with E-state index in [9.17, 15) is 8.42 Å². The van der Waals surface area contributed by atoms with Crippen molar-refractivity contribution in [2.45, 2.75) is 11.5 Å². The van der Waals surface area contributed by atoms with Gasteiger partial charge in [0.25, 0.3) is 0 Å².